The van der Waals surface area contributed by atoms with Gasteiger partial charge in [-0.3, -0.25) is 14.3 Å². The number of rotatable bonds is 2. The number of hydrogen-bond donors (Lipinski definition) is 2. The molecule has 1 aliphatic heterocycles. The lowest BCUT2D eigenvalue weighted by Crippen LogP contribution is -2.34. The highest BCUT2D eigenvalue weighted by atomic mass is 16.5. The maximum atomic E-state index is 11.5. The first kappa shape index (κ1) is 10.8. The standard InChI is InChI=1S/C10H13N3O3/c1-6-5-13(10(15)12-9(6)14)8-3-2-7(4-11)16-8/h2-3,5,7-8H,4,11H2,1H3,(H,12,14,15)/t7?,8-/m1/s1. The lowest BCUT2D eigenvalue weighted by atomic mass is 10.3. The highest BCUT2D eigenvalue weighted by Crippen LogP contribution is 2.18. The molecule has 0 spiro atoms. The summed E-state index contributed by atoms with van der Waals surface area (Å²) in [4.78, 5) is 24.9. The van der Waals surface area contributed by atoms with Crippen LogP contribution in [0, 0.1) is 6.92 Å². The largest absolute Gasteiger partial charge is 0.346 e. The molecule has 0 aliphatic carbocycles. The van der Waals surface area contributed by atoms with Crippen molar-refractivity contribution >= 4 is 0 Å². The normalized spacial score (nSPS) is 23.9. The minimum atomic E-state index is -0.489. The summed E-state index contributed by atoms with van der Waals surface area (Å²) >= 11 is 0. The summed E-state index contributed by atoms with van der Waals surface area (Å²) in [6, 6.07) is 0. The van der Waals surface area contributed by atoms with E-state index in [1.54, 1.807) is 19.1 Å². The van der Waals surface area contributed by atoms with Crippen LogP contribution in [-0.2, 0) is 4.74 Å². The second-order valence-corrected chi connectivity index (χ2v) is 3.66. The zero-order chi connectivity index (χ0) is 11.7. The van der Waals surface area contributed by atoms with Crippen LogP contribution in [0.15, 0.2) is 27.9 Å². The van der Waals surface area contributed by atoms with E-state index in [2.05, 4.69) is 4.98 Å². The van der Waals surface area contributed by atoms with Crippen LogP contribution in [-0.4, -0.2) is 22.2 Å². The van der Waals surface area contributed by atoms with Crippen molar-refractivity contribution in [3.8, 4) is 0 Å². The van der Waals surface area contributed by atoms with Gasteiger partial charge in [-0.25, -0.2) is 4.79 Å². The molecule has 16 heavy (non-hydrogen) atoms. The molecule has 0 radical (unpaired) electrons. The van der Waals surface area contributed by atoms with E-state index in [-0.39, 0.29) is 11.7 Å². The second kappa shape index (κ2) is 4.07. The van der Waals surface area contributed by atoms with Crippen molar-refractivity contribution in [1.82, 2.24) is 9.55 Å². The fourth-order valence-electron chi connectivity index (χ4n) is 1.56. The molecular weight excluding hydrogens is 210 g/mol. The molecule has 1 aromatic heterocycles. The Balaban J connectivity index is 2.36. The van der Waals surface area contributed by atoms with Crippen molar-refractivity contribution in [2.45, 2.75) is 19.3 Å². The average Bonchev–Trinajstić information content (AvgIpc) is 2.71. The molecule has 0 aromatic carbocycles. The number of hydrogen-bond acceptors (Lipinski definition) is 4. The van der Waals surface area contributed by atoms with Gasteiger partial charge in [-0.1, -0.05) is 6.08 Å². The van der Waals surface area contributed by atoms with E-state index in [1.165, 1.54) is 10.8 Å². The third kappa shape index (κ3) is 1.84. The van der Waals surface area contributed by atoms with Gasteiger partial charge in [-0.15, -0.1) is 0 Å². The quantitative estimate of drug-likeness (QED) is 0.646. The van der Waals surface area contributed by atoms with E-state index in [9.17, 15) is 9.59 Å². The van der Waals surface area contributed by atoms with Gasteiger partial charge in [0, 0.05) is 18.3 Å². The van der Waals surface area contributed by atoms with Gasteiger partial charge in [0.15, 0.2) is 6.23 Å². The number of nitrogens with two attached hydrogens (primary N) is 1. The first-order chi connectivity index (χ1) is 7.61. The first-order valence-electron chi connectivity index (χ1n) is 4.97. The Bertz CT molecular complexity index is 529. The summed E-state index contributed by atoms with van der Waals surface area (Å²) in [5, 5.41) is 0. The minimum absolute atomic E-state index is 0.177. The fraction of sp³-hybridized carbons (Fsp3) is 0.400. The molecule has 2 atom stereocenters. The van der Waals surface area contributed by atoms with Gasteiger partial charge in [0.05, 0.1) is 6.10 Å². The highest BCUT2D eigenvalue weighted by molar-refractivity contribution is 5.06. The molecule has 2 heterocycles. The lowest BCUT2D eigenvalue weighted by molar-refractivity contribution is 0.0198. The van der Waals surface area contributed by atoms with Crippen molar-refractivity contribution in [1.29, 1.82) is 0 Å². The van der Waals surface area contributed by atoms with Gasteiger partial charge in [0.1, 0.15) is 0 Å². The van der Waals surface area contributed by atoms with Crippen LogP contribution in [0.4, 0.5) is 0 Å². The Kier molecular flexibility index (Phi) is 2.76. The lowest BCUT2D eigenvalue weighted by Gasteiger charge is -2.15. The second-order valence-electron chi connectivity index (χ2n) is 3.66. The molecule has 86 valence electrons. The molecular formula is C10H13N3O3. The van der Waals surface area contributed by atoms with Crippen molar-refractivity contribution in [2.24, 2.45) is 5.73 Å². The fourth-order valence-corrected chi connectivity index (χ4v) is 1.56. The zero-order valence-corrected chi connectivity index (χ0v) is 8.84. The van der Waals surface area contributed by atoms with Crippen LogP contribution in [0.5, 0.6) is 0 Å². The van der Waals surface area contributed by atoms with Crippen molar-refractivity contribution in [3.63, 3.8) is 0 Å². The maximum absolute atomic E-state index is 11.5. The summed E-state index contributed by atoms with van der Waals surface area (Å²) in [5.74, 6) is 0. The first-order valence-corrected chi connectivity index (χ1v) is 4.97. The SMILES string of the molecule is Cc1cn([C@H]2C=CC(CN)O2)c(=O)[nH]c1=O. The Morgan fingerprint density at radius 1 is 1.50 bits per heavy atom. The van der Waals surface area contributed by atoms with Crippen LogP contribution in [0.3, 0.4) is 0 Å². The molecule has 1 aliphatic rings. The predicted molar refractivity (Wildman–Crippen MR) is 58.2 cm³/mol. The summed E-state index contributed by atoms with van der Waals surface area (Å²) in [6.45, 7) is 2.00. The van der Waals surface area contributed by atoms with Crippen molar-refractivity contribution in [2.75, 3.05) is 6.54 Å². The van der Waals surface area contributed by atoms with E-state index in [0.717, 1.165) is 0 Å². The molecule has 3 N–H and O–H groups in total. The highest BCUT2D eigenvalue weighted by Gasteiger charge is 2.20. The summed E-state index contributed by atoms with van der Waals surface area (Å²) < 4.78 is 6.81. The van der Waals surface area contributed by atoms with E-state index < -0.39 is 11.9 Å². The number of aromatic amines is 1. The van der Waals surface area contributed by atoms with Crippen LogP contribution in [0.25, 0.3) is 0 Å². The maximum Gasteiger partial charge on any atom is 0.330 e. The van der Waals surface area contributed by atoms with Crippen LogP contribution >= 0.6 is 0 Å². The molecule has 0 amide bonds. The molecule has 1 aromatic rings. The average molecular weight is 223 g/mol. The molecule has 6 nitrogen and oxygen atoms in total. The number of aromatic nitrogens is 2. The molecule has 0 bridgehead atoms. The number of nitrogens with one attached hydrogen (secondary N) is 1. The van der Waals surface area contributed by atoms with Gasteiger partial charge in [-0.05, 0) is 13.0 Å². The van der Waals surface area contributed by atoms with Gasteiger partial charge in [-0.2, -0.15) is 0 Å². The molecule has 6 heteroatoms. The zero-order valence-electron chi connectivity index (χ0n) is 8.84. The van der Waals surface area contributed by atoms with Crippen LogP contribution in [0.2, 0.25) is 0 Å². The van der Waals surface area contributed by atoms with E-state index in [4.69, 9.17) is 10.5 Å². The molecule has 1 unspecified atom stereocenters. The third-order valence-corrected chi connectivity index (χ3v) is 2.46. The van der Waals surface area contributed by atoms with Crippen LogP contribution in [0.1, 0.15) is 11.8 Å². The van der Waals surface area contributed by atoms with Crippen molar-refractivity contribution < 1.29 is 4.74 Å². The van der Waals surface area contributed by atoms with Gasteiger partial charge in [0.2, 0.25) is 0 Å². The number of ether oxygens (including phenoxy) is 1. The van der Waals surface area contributed by atoms with Gasteiger partial charge < -0.3 is 10.5 Å². The van der Waals surface area contributed by atoms with Gasteiger partial charge >= 0.3 is 5.69 Å². The summed E-state index contributed by atoms with van der Waals surface area (Å²) in [6.07, 6.45) is 4.37. The number of aryl methyl sites for hydroxylation is 1. The van der Waals surface area contributed by atoms with Crippen molar-refractivity contribution in [3.05, 3.63) is 44.8 Å². The van der Waals surface area contributed by atoms with E-state index in [1.807, 2.05) is 0 Å². The van der Waals surface area contributed by atoms with E-state index >= 15 is 0 Å². The Labute approximate surface area is 91.4 Å². The molecule has 0 fully saturated rings. The van der Waals surface area contributed by atoms with E-state index in [0.29, 0.717) is 12.1 Å². The molecule has 0 saturated heterocycles. The van der Waals surface area contributed by atoms with Gasteiger partial charge in [0.25, 0.3) is 5.56 Å². The molecule has 0 saturated carbocycles. The Morgan fingerprint density at radius 3 is 2.88 bits per heavy atom. The molecule has 2 rings (SSSR count). The topological polar surface area (TPSA) is 90.1 Å². The third-order valence-electron chi connectivity index (χ3n) is 2.46. The van der Waals surface area contributed by atoms with Crippen LogP contribution < -0.4 is 17.0 Å². The smallest absolute Gasteiger partial charge is 0.330 e. The summed E-state index contributed by atoms with van der Waals surface area (Å²) in [7, 11) is 0. The Morgan fingerprint density at radius 2 is 2.25 bits per heavy atom. The minimum Gasteiger partial charge on any atom is -0.346 e. The predicted octanol–water partition coefficient (Wildman–Crippen LogP) is -0.743. The number of H-pyrrole nitrogens is 1. The monoisotopic (exact) mass is 223 g/mol. The Hall–Kier alpha value is -1.66. The number of nitrogens with zero attached hydrogens (tertiary/aromatic N) is 1. The summed E-state index contributed by atoms with van der Waals surface area (Å²) in [5.41, 5.74) is 5.05.